The molecule has 25 heavy (non-hydrogen) atoms. The molecule has 2 aromatic rings. The first-order valence-corrected chi connectivity index (χ1v) is 8.47. The van der Waals surface area contributed by atoms with Crippen molar-refractivity contribution >= 4 is 0 Å². The second-order valence-corrected chi connectivity index (χ2v) is 5.90. The third kappa shape index (κ3) is 4.87. The van der Waals surface area contributed by atoms with E-state index in [9.17, 15) is 5.11 Å². The third-order valence-corrected chi connectivity index (χ3v) is 4.11. The molecule has 0 amide bonds. The Hall–Kier alpha value is -2.24. The van der Waals surface area contributed by atoms with Crippen molar-refractivity contribution in [3.8, 4) is 17.2 Å². The fourth-order valence-corrected chi connectivity index (χ4v) is 2.68. The van der Waals surface area contributed by atoms with Crippen molar-refractivity contribution in [1.82, 2.24) is 0 Å². The quantitative estimate of drug-likeness (QED) is 0.728. The molecule has 0 heterocycles. The highest BCUT2D eigenvalue weighted by molar-refractivity contribution is 5.52. The van der Waals surface area contributed by atoms with E-state index in [0.29, 0.717) is 35.8 Å². The van der Waals surface area contributed by atoms with Crippen LogP contribution in [0.3, 0.4) is 0 Å². The predicted octanol–water partition coefficient (Wildman–Crippen LogP) is 3.44. The molecule has 0 aliphatic rings. The van der Waals surface area contributed by atoms with Gasteiger partial charge >= 0.3 is 0 Å². The maximum Gasteiger partial charge on any atom is 0.164 e. The molecule has 0 bridgehead atoms. The molecule has 0 radical (unpaired) electrons. The van der Waals surface area contributed by atoms with Crippen molar-refractivity contribution in [2.75, 3.05) is 14.2 Å². The first-order chi connectivity index (χ1) is 12.1. The lowest BCUT2D eigenvalue weighted by Gasteiger charge is -2.23. The van der Waals surface area contributed by atoms with Crippen LogP contribution in [-0.2, 0) is 6.61 Å². The Kier molecular flexibility index (Phi) is 7.10. The summed E-state index contributed by atoms with van der Waals surface area (Å²) < 4.78 is 16.7. The fourth-order valence-electron chi connectivity index (χ4n) is 2.68. The Morgan fingerprint density at radius 2 is 1.64 bits per heavy atom. The minimum absolute atomic E-state index is 0.403. The van der Waals surface area contributed by atoms with Gasteiger partial charge in [0.25, 0.3) is 0 Å². The number of methoxy groups -OCH3 is 2. The van der Waals surface area contributed by atoms with E-state index in [4.69, 9.17) is 19.9 Å². The van der Waals surface area contributed by atoms with Gasteiger partial charge in [-0.25, -0.2) is 0 Å². The summed E-state index contributed by atoms with van der Waals surface area (Å²) in [6.07, 6.45) is 0.817. The van der Waals surface area contributed by atoms with E-state index >= 15 is 0 Å². The summed E-state index contributed by atoms with van der Waals surface area (Å²) in [6, 6.07) is 12.8. The van der Waals surface area contributed by atoms with Gasteiger partial charge in [0.1, 0.15) is 12.4 Å². The fraction of sp³-hybridized carbons (Fsp3) is 0.400. The molecule has 136 valence electrons. The van der Waals surface area contributed by atoms with Crippen LogP contribution >= 0.6 is 0 Å². The van der Waals surface area contributed by atoms with Crippen LogP contribution < -0.4 is 19.9 Å². The second kappa shape index (κ2) is 9.30. The smallest absolute Gasteiger partial charge is 0.164 e. The van der Waals surface area contributed by atoms with E-state index in [1.807, 2.05) is 37.3 Å². The van der Waals surface area contributed by atoms with Crippen LogP contribution in [0.15, 0.2) is 42.5 Å². The molecular weight excluding hydrogens is 318 g/mol. The van der Waals surface area contributed by atoms with Gasteiger partial charge in [0.2, 0.25) is 0 Å². The molecule has 0 aliphatic heterocycles. The Morgan fingerprint density at radius 3 is 2.24 bits per heavy atom. The number of aliphatic hydroxyl groups is 1. The molecule has 0 fully saturated rings. The van der Waals surface area contributed by atoms with E-state index < -0.39 is 12.1 Å². The van der Waals surface area contributed by atoms with Gasteiger partial charge in [-0.3, -0.25) is 0 Å². The maximum absolute atomic E-state index is 10.3. The van der Waals surface area contributed by atoms with Crippen LogP contribution in [0.4, 0.5) is 0 Å². The van der Waals surface area contributed by atoms with Crippen LogP contribution in [0, 0.1) is 0 Å². The van der Waals surface area contributed by atoms with Gasteiger partial charge in [0, 0.05) is 11.6 Å². The molecule has 2 aromatic carbocycles. The van der Waals surface area contributed by atoms with Crippen molar-refractivity contribution in [3.63, 3.8) is 0 Å². The topological polar surface area (TPSA) is 73.9 Å². The molecule has 0 aromatic heterocycles. The lowest BCUT2D eigenvalue weighted by Crippen LogP contribution is -2.26. The molecule has 0 aliphatic carbocycles. The van der Waals surface area contributed by atoms with Gasteiger partial charge in [-0.05, 0) is 18.1 Å². The molecule has 3 N–H and O–H groups in total. The molecule has 2 rings (SSSR count). The van der Waals surface area contributed by atoms with Crippen LogP contribution in [0.2, 0.25) is 0 Å². The van der Waals surface area contributed by atoms with Crippen molar-refractivity contribution < 1.29 is 19.3 Å². The lowest BCUT2D eigenvalue weighted by molar-refractivity contribution is 0.132. The predicted molar refractivity (Wildman–Crippen MR) is 98.2 cm³/mol. The summed E-state index contributed by atoms with van der Waals surface area (Å²) in [7, 11) is 3.14. The van der Waals surface area contributed by atoms with Gasteiger partial charge in [-0.1, -0.05) is 43.7 Å². The van der Waals surface area contributed by atoms with Crippen LogP contribution in [0.1, 0.15) is 36.9 Å². The number of hydrogen-bond acceptors (Lipinski definition) is 5. The van der Waals surface area contributed by atoms with E-state index in [1.165, 1.54) is 0 Å². The number of hydrogen-bond donors (Lipinski definition) is 2. The summed E-state index contributed by atoms with van der Waals surface area (Å²) in [6.45, 7) is 2.41. The Labute approximate surface area is 149 Å². The first-order valence-electron chi connectivity index (χ1n) is 8.47. The maximum atomic E-state index is 10.3. The molecule has 0 spiro atoms. The number of nitrogens with two attached hydrogens (primary N) is 1. The molecule has 0 saturated heterocycles. The highest BCUT2D eigenvalue weighted by Crippen LogP contribution is 2.38. The largest absolute Gasteiger partial charge is 0.493 e. The number of benzene rings is 2. The monoisotopic (exact) mass is 345 g/mol. The van der Waals surface area contributed by atoms with E-state index in [-0.39, 0.29) is 0 Å². The van der Waals surface area contributed by atoms with Crippen LogP contribution in [0.5, 0.6) is 17.2 Å². The van der Waals surface area contributed by atoms with Gasteiger partial charge in [0.05, 0.1) is 26.4 Å². The summed E-state index contributed by atoms with van der Waals surface area (Å²) >= 11 is 0. The van der Waals surface area contributed by atoms with Gasteiger partial charge < -0.3 is 25.1 Å². The van der Waals surface area contributed by atoms with Gasteiger partial charge in [-0.2, -0.15) is 0 Å². The minimum Gasteiger partial charge on any atom is -0.493 e. The first kappa shape index (κ1) is 19.1. The average molecular weight is 345 g/mol. The zero-order valence-electron chi connectivity index (χ0n) is 15.1. The number of aliphatic hydroxyl groups excluding tert-OH is 1. The Balaban J connectivity index is 2.33. The summed E-state index contributed by atoms with van der Waals surface area (Å²) in [5.74, 6) is 1.71. The van der Waals surface area contributed by atoms with Crippen LogP contribution in [-0.4, -0.2) is 25.4 Å². The third-order valence-electron chi connectivity index (χ3n) is 4.11. The molecule has 5 heteroatoms. The van der Waals surface area contributed by atoms with Crippen molar-refractivity contribution in [3.05, 3.63) is 53.6 Å². The zero-order valence-corrected chi connectivity index (χ0v) is 15.1. The van der Waals surface area contributed by atoms with Crippen molar-refractivity contribution in [2.24, 2.45) is 5.73 Å². The molecular formula is C20H27NO4. The Morgan fingerprint density at radius 1 is 1.00 bits per heavy atom. The molecule has 5 nitrogen and oxygen atoms in total. The van der Waals surface area contributed by atoms with Gasteiger partial charge in [0.15, 0.2) is 11.5 Å². The summed E-state index contributed by atoms with van der Waals surface area (Å²) in [5.41, 5.74) is 8.03. The zero-order chi connectivity index (χ0) is 18.2. The summed E-state index contributed by atoms with van der Waals surface area (Å²) in [4.78, 5) is 0. The normalized spacial score (nSPS) is 13.2. The lowest BCUT2D eigenvalue weighted by atomic mass is 9.97. The van der Waals surface area contributed by atoms with Crippen LogP contribution in [0.25, 0.3) is 0 Å². The SMILES string of the molecule is CCC[C@@H](O)[C@@H](N)c1cc(OC)c(OC)cc1OCc1ccccc1. The number of ether oxygens (including phenoxy) is 3. The Bertz CT molecular complexity index is 660. The highest BCUT2D eigenvalue weighted by Gasteiger charge is 2.23. The molecule has 2 atom stereocenters. The van der Waals surface area contributed by atoms with E-state index in [0.717, 1.165) is 12.0 Å². The standard InChI is InChI=1S/C20H27NO4/c1-4-8-16(22)20(21)15-11-18(23-2)19(24-3)12-17(15)25-13-14-9-6-5-7-10-14/h5-7,9-12,16,20,22H,4,8,13,21H2,1-3H3/t16-,20+/m1/s1. The minimum atomic E-state index is -0.651. The number of rotatable bonds is 9. The van der Waals surface area contributed by atoms with Crippen molar-refractivity contribution in [1.29, 1.82) is 0 Å². The summed E-state index contributed by atoms with van der Waals surface area (Å²) in [5, 5.41) is 10.3. The highest BCUT2D eigenvalue weighted by atomic mass is 16.5. The molecule has 0 saturated carbocycles. The van der Waals surface area contributed by atoms with Gasteiger partial charge in [-0.15, -0.1) is 0 Å². The molecule has 0 unspecified atom stereocenters. The second-order valence-electron chi connectivity index (χ2n) is 5.90. The van der Waals surface area contributed by atoms with E-state index in [2.05, 4.69) is 0 Å². The average Bonchev–Trinajstić information content (AvgIpc) is 2.66. The van der Waals surface area contributed by atoms with E-state index in [1.54, 1.807) is 26.4 Å². The van der Waals surface area contributed by atoms with Crippen molar-refractivity contribution in [2.45, 2.75) is 38.5 Å².